The second kappa shape index (κ2) is 5.55. The summed E-state index contributed by atoms with van der Waals surface area (Å²) in [6.07, 6.45) is 3.33. The van der Waals surface area contributed by atoms with Gasteiger partial charge in [0.1, 0.15) is 11.6 Å². The zero-order chi connectivity index (χ0) is 13.2. The van der Waals surface area contributed by atoms with Crippen LogP contribution in [0, 0.1) is 23.5 Å². The molecule has 1 saturated heterocycles. The third-order valence-electron chi connectivity index (χ3n) is 4.15. The summed E-state index contributed by atoms with van der Waals surface area (Å²) >= 11 is 0. The summed E-state index contributed by atoms with van der Waals surface area (Å²) in [6, 6.07) is 4.55. The first-order chi connectivity index (χ1) is 9.20. The number of rotatable bonds is 5. The van der Waals surface area contributed by atoms with Gasteiger partial charge in [-0.1, -0.05) is 0 Å². The molecule has 2 atom stereocenters. The number of hydrogen-bond acceptors (Lipinski definition) is 2. The lowest BCUT2D eigenvalue weighted by atomic mass is 9.89. The fraction of sp³-hybridized carbons (Fsp3) is 0.600. The SMILES string of the molecule is Fc1cc(F)cc(CC2CNCC2CNC2CC2)c1. The van der Waals surface area contributed by atoms with E-state index in [-0.39, 0.29) is 0 Å². The van der Waals surface area contributed by atoms with E-state index in [0.29, 0.717) is 17.9 Å². The van der Waals surface area contributed by atoms with Gasteiger partial charge in [-0.05, 0) is 68.4 Å². The molecule has 1 heterocycles. The highest BCUT2D eigenvalue weighted by Gasteiger charge is 2.29. The first-order valence-electron chi connectivity index (χ1n) is 7.10. The van der Waals surface area contributed by atoms with Crippen LogP contribution < -0.4 is 10.6 Å². The summed E-state index contributed by atoms with van der Waals surface area (Å²) in [6.45, 7) is 2.96. The van der Waals surface area contributed by atoms with Gasteiger partial charge in [0.25, 0.3) is 0 Å². The van der Waals surface area contributed by atoms with Gasteiger partial charge in [0.15, 0.2) is 0 Å². The van der Waals surface area contributed by atoms with Gasteiger partial charge in [-0.15, -0.1) is 0 Å². The Morgan fingerprint density at radius 2 is 1.74 bits per heavy atom. The van der Waals surface area contributed by atoms with Crippen LogP contribution in [-0.4, -0.2) is 25.7 Å². The van der Waals surface area contributed by atoms with E-state index in [0.717, 1.165) is 37.7 Å². The van der Waals surface area contributed by atoms with Gasteiger partial charge in [0, 0.05) is 12.1 Å². The number of halogens is 2. The topological polar surface area (TPSA) is 24.1 Å². The molecule has 0 amide bonds. The van der Waals surface area contributed by atoms with Crippen molar-refractivity contribution in [2.75, 3.05) is 19.6 Å². The minimum atomic E-state index is -0.478. The van der Waals surface area contributed by atoms with Crippen molar-refractivity contribution in [2.45, 2.75) is 25.3 Å². The van der Waals surface area contributed by atoms with Crippen molar-refractivity contribution in [3.05, 3.63) is 35.4 Å². The number of benzene rings is 1. The summed E-state index contributed by atoms with van der Waals surface area (Å²) in [5.41, 5.74) is 0.766. The molecule has 3 rings (SSSR count). The molecule has 2 N–H and O–H groups in total. The van der Waals surface area contributed by atoms with Crippen molar-refractivity contribution in [2.24, 2.45) is 11.8 Å². The molecule has 2 fully saturated rings. The van der Waals surface area contributed by atoms with Gasteiger partial charge in [0.2, 0.25) is 0 Å². The van der Waals surface area contributed by atoms with Crippen LogP contribution >= 0.6 is 0 Å². The van der Waals surface area contributed by atoms with Crippen molar-refractivity contribution < 1.29 is 8.78 Å². The summed E-state index contributed by atoms with van der Waals surface area (Å²) in [5, 5.41) is 6.94. The summed E-state index contributed by atoms with van der Waals surface area (Å²) in [5.74, 6) is 0.0709. The lowest BCUT2D eigenvalue weighted by Gasteiger charge is -2.19. The van der Waals surface area contributed by atoms with E-state index in [1.54, 1.807) is 0 Å². The van der Waals surface area contributed by atoms with Gasteiger partial charge >= 0.3 is 0 Å². The average molecular weight is 266 g/mol. The summed E-state index contributed by atoms with van der Waals surface area (Å²) in [4.78, 5) is 0. The Morgan fingerprint density at radius 1 is 1.05 bits per heavy atom. The first-order valence-corrected chi connectivity index (χ1v) is 7.10. The van der Waals surface area contributed by atoms with Gasteiger partial charge in [-0.3, -0.25) is 0 Å². The van der Waals surface area contributed by atoms with Crippen LogP contribution in [0.1, 0.15) is 18.4 Å². The van der Waals surface area contributed by atoms with Crippen molar-refractivity contribution in [1.29, 1.82) is 0 Å². The van der Waals surface area contributed by atoms with Crippen LogP contribution in [-0.2, 0) is 6.42 Å². The number of hydrogen-bond donors (Lipinski definition) is 2. The van der Waals surface area contributed by atoms with E-state index < -0.39 is 11.6 Å². The van der Waals surface area contributed by atoms with Gasteiger partial charge in [-0.2, -0.15) is 0 Å². The molecular weight excluding hydrogens is 246 g/mol. The maximum absolute atomic E-state index is 13.2. The molecule has 0 aromatic heterocycles. The highest BCUT2D eigenvalue weighted by atomic mass is 19.1. The largest absolute Gasteiger partial charge is 0.316 e. The molecule has 2 aliphatic rings. The van der Waals surface area contributed by atoms with E-state index in [1.807, 2.05) is 0 Å². The van der Waals surface area contributed by atoms with Crippen LogP contribution in [0.2, 0.25) is 0 Å². The maximum atomic E-state index is 13.2. The van der Waals surface area contributed by atoms with Crippen molar-refractivity contribution in [3.8, 4) is 0 Å². The zero-order valence-corrected chi connectivity index (χ0v) is 11.0. The molecule has 0 radical (unpaired) electrons. The lowest BCUT2D eigenvalue weighted by Crippen LogP contribution is -2.30. The summed E-state index contributed by atoms with van der Waals surface area (Å²) < 4.78 is 26.4. The van der Waals surface area contributed by atoms with Gasteiger partial charge < -0.3 is 10.6 Å². The van der Waals surface area contributed by atoms with Crippen LogP contribution in [0.5, 0.6) is 0 Å². The first kappa shape index (κ1) is 13.0. The number of nitrogens with one attached hydrogen (secondary N) is 2. The quantitative estimate of drug-likeness (QED) is 0.853. The van der Waals surface area contributed by atoms with Gasteiger partial charge in [0.05, 0.1) is 0 Å². The predicted octanol–water partition coefficient (Wildman–Crippen LogP) is 2.09. The molecule has 104 valence electrons. The van der Waals surface area contributed by atoms with E-state index in [9.17, 15) is 8.78 Å². The Hall–Kier alpha value is -1.00. The van der Waals surface area contributed by atoms with Crippen molar-refractivity contribution in [3.63, 3.8) is 0 Å². The smallest absolute Gasteiger partial charge is 0.126 e. The zero-order valence-electron chi connectivity index (χ0n) is 11.0. The fourth-order valence-corrected chi connectivity index (χ4v) is 2.90. The Labute approximate surface area is 112 Å². The van der Waals surface area contributed by atoms with Crippen molar-refractivity contribution in [1.82, 2.24) is 10.6 Å². The maximum Gasteiger partial charge on any atom is 0.126 e. The van der Waals surface area contributed by atoms with Gasteiger partial charge in [-0.25, -0.2) is 8.78 Å². The third-order valence-corrected chi connectivity index (χ3v) is 4.15. The molecule has 19 heavy (non-hydrogen) atoms. The molecule has 0 spiro atoms. The minimum Gasteiger partial charge on any atom is -0.316 e. The van der Waals surface area contributed by atoms with E-state index in [2.05, 4.69) is 10.6 Å². The molecule has 1 aromatic carbocycles. The molecule has 0 bridgehead atoms. The molecule has 4 heteroatoms. The molecule has 1 aliphatic heterocycles. The van der Waals surface area contributed by atoms with Crippen LogP contribution in [0.25, 0.3) is 0 Å². The Bertz CT molecular complexity index is 426. The molecule has 2 nitrogen and oxygen atoms in total. The standard InChI is InChI=1S/C15H20F2N2/c16-13-4-10(5-14(17)6-13)3-11-7-18-8-12(11)9-19-15-1-2-15/h4-6,11-12,15,18-19H,1-3,7-9H2. The monoisotopic (exact) mass is 266 g/mol. The van der Waals surface area contributed by atoms with E-state index in [1.165, 1.54) is 25.0 Å². The third kappa shape index (κ3) is 3.51. The Morgan fingerprint density at radius 3 is 2.42 bits per heavy atom. The molecule has 2 unspecified atom stereocenters. The van der Waals surface area contributed by atoms with Crippen molar-refractivity contribution >= 4 is 0 Å². The molecule has 1 aromatic rings. The predicted molar refractivity (Wildman–Crippen MR) is 70.9 cm³/mol. The van der Waals surface area contributed by atoms with E-state index in [4.69, 9.17) is 0 Å². The highest BCUT2D eigenvalue weighted by molar-refractivity contribution is 5.19. The average Bonchev–Trinajstić information content (AvgIpc) is 3.07. The molecule has 1 aliphatic carbocycles. The second-order valence-corrected chi connectivity index (χ2v) is 5.84. The highest BCUT2D eigenvalue weighted by Crippen LogP contribution is 2.24. The fourth-order valence-electron chi connectivity index (χ4n) is 2.90. The second-order valence-electron chi connectivity index (χ2n) is 5.84. The van der Waals surface area contributed by atoms with Crippen LogP contribution in [0.15, 0.2) is 18.2 Å². The molecule has 1 saturated carbocycles. The van der Waals surface area contributed by atoms with Crippen LogP contribution in [0.3, 0.4) is 0 Å². The molecular formula is C15H20F2N2. The normalized spacial score (nSPS) is 26.8. The van der Waals surface area contributed by atoms with E-state index >= 15 is 0 Å². The lowest BCUT2D eigenvalue weighted by molar-refractivity contribution is 0.390. The Kier molecular flexibility index (Phi) is 3.80. The summed E-state index contributed by atoms with van der Waals surface area (Å²) in [7, 11) is 0. The van der Waals surface area contributed by atoms with Crippen LogP contribution in [0.4, 0.5) is 8.78 Å². The Balaban J connectivity index is 1.60. The minimum absolute atomic E-state index is 0.465.